The van der Waals surface area contributed by atoms with Gasteiger partial charge in [0, 0.05) is 32.2 Å². The topological polar surface area (TPSA) is 33.1 Å². The maximum Gasteiger partial charge on any atom is 0.0860 e. The van der Waals surface area contributed by atoms with Crippen molar-refractivity contribution < 1.29 is 0 Å². The van der Waals surface area contributed by atoms with Gasteiger partial charge in [-0.2, -0.15) is 5.10 Å². The number of nitrogens with zero attached hydrogens (tertiary/aromatic N) is 3. The monoisotopic (exact) mass is 282 g/mol. The Bertz CT molecular complexity index is 447. The lowest BCUT2D eigenvalue weighted by Gasteiger charge is -2.25. The van der Waals surface area contributed by atoms with Gasteiger partial charge in [-0.3, -0.25) is 9.58 Å². The Morgan fingerprint density at radius 3 is 2.74 bits per heavy atom. The Morgan fingerprint density at radius 1 is 1.42 bits per heavy atom. The van der Waals surface area contributed by atoms with Crippen LogP contribution in [0.1, 0.15) is 37.1 Å². The van der Waals surface area contributed by atoms with E-state index in [2.05, 4.69) is 15.3 Å². The first-order chi connectivity index (χ1) is 9.15. The van der Waals surface area contributed by atoms with E-state index in [-0.39, 0.29) is 0 Å². The first-order valence-corrected chi connectivity index (χ1v) is 7.68. The Balaban J connectivity index is 1.70. The van der Waals surface area contributed by atoms with E-state index in [9.17, 15) is 0 Å². The van der Waals surface area contributed by atoms with Crippen LogP contribution in [-0.4, -0.2) is 39.9 Å². The third-order valence-electron chi connectivity index (χ3n) is 4.30. The van der Waals surface area contributed by atoms with E-state index in [1.165, 1.54) is 32.2 Å². The predicted molar refractivity (Wildman–Crippen MR) is 77.4 cm³/mol. The summed E-state index contributed by atoms with van der Waals surface area (Å²) in [6, 6.07) is 1.42. The molecule has 2 fully saturated rings. The van der Waals surface area contributed by atoms with Crippen molar-refractivity contribution in [1.82, 2.24) is 20.0 Å². The van der Waals surface area contributed by atoms with Gasteiger partial charge in [-0.15, -0.1) is 0 Å². The second-order valence-electron chi connectivity index (χ2n) is 5.92. The maximum absolute atomic E-state index is 6.37. The highest BCUT2D eigenvalue weighted by molar-refractivity contribution is 6.31. The molecule has 0 amide bonds. The summed E-state index contributed by atoms with van der Waals surface area (Å²) in [4.78, 5) is 2.59. The van der Waals surface area contributed by atoms with E-state index in [0.717, 1.165) is 35.5 Å². The van der Waals surface area contributed by atoms with Crippen molar-refractivity contribution in [2.24, 2.45) is 7.05 Å². The molecule has 0 radical (unpaired) electrons. The van der Waals surface area contributed by atoms with Gasteiger partial charge in [-0.1, -0.05) is 11.6 Å². The molecule has 106 valence electrons. The normalized spacial score (nSPS) is 23.5. The van der Waals surface area contributed by atoms with Crippen LogP contribution in [0.15, 0.2) is 0 Å². The van der Waals surface area contributed by atoms with E-state index >= 15 is 0 Å². The molecule has 2 aliphatic rings. The van der Waals surface area contributed by atoms with Crippen LogP contribution >= 0.6 is 11.6 Å². The molecule has 1 aliphatic heterocycles. The summed E-state index contributed by atoms with van der Waals surface area (Å²) >= 11 is 6.37. The van der Waals surface area contributed by atoms with Crippen LogP contribution in [0.3, 0.4) is 0 Å². The van der Waals surface area contributed by atoms with Crippen molar-refractivity contribution in [2.45, 2.75) is 51.2 Å². The fourth-order valence-electron chi connectivity index (χ4n) is 3.02. The Hall–Kier alpha value is -0.580. The Morgan fingerprint density at radius 2 is 2.21 bits per heavy atom. The summed E-state index contributed by atoms with van der Waals surface area (Å²) in [7, 11) is 1.99. The molecule has 3 rings (SSSR count). The molecule has 0 spiro atoms. The lowest BCUT2D eigenvalue weighted by Crippen LogP contribution is -2.38. The van der Waals surface area contributed by atoms with Gasteiger partial charge in [0.1, 0.15) is 0 Å². The molecule has 1 saturated carbocycles. The minimum atomic E-state index is 0.661. The van der Waals surface area contributed by atoms with Crippen LogP contribution in [0, 0.1) is 6.92 Å². The van der Waals surface area contributed by atoms with Crippen molar-refractivity contribution in [1.29, 1.82) is 0 Å². The highest BCUT2D eigenvalue weighted by Crippen LogP contribution is 2.31. The first kappa shape index (κ1) is 13.4. The lowest BCUT2D eigenvalue weighted by molar-refractivity contribution is 0.225. The zero-order chi connectivity index (χ0) is 13.4. The summed E-state index contributed by atoms with van der Waals surface area (Å²) in [5.41, 5.74) is 2.10. The van der Waals surface area contributed by atoms with Gasteiger partial charge in [0.2, 0.25) is 0 Å². The fraction of sp³-hybridized carbons (Fsp3) is 0.786. The maximum atomic E-state index is 6.37. The van der Waals surface area contributed by atoms with Crippen LogP contribution in [0.2, 0.25) is 5.02 Å². The van der Waals surface area contributed by atoms with Crippen molar-refractivity contribution >= 4 is 11.6 Å². The quantitative estimate of drug-likeness (QED) is 0.898. The van der Waals surface area contributed by atoms with Crippen LogP contribution in [0.5, 0.6) is 0 Å². The largest absolute Gasteiger partial charge is 0.313 e. The van der Waals surface area contributed by atoms with Gasteiger partial charge in [-0.25, -0.2) is 0 Å². The summed E-state index contributed by atoms with van der Waals surface area (Å²) < 4.78 is 1.94. The van der Waals surface area contributed by atoms with Crippen molar-refractivity contribution in [2.75, 3.05) is 13.1 Å². The molecule has 1 saturated heterocycles. The summed E-state index contributed by atoms with van der Waals surface area (Å²) in [6.07, 6.45) is 5.29. The van der Waals surface area contributed by atoms with E-state index < -0.39 is 0 Å². The van der Waals surface area contributed by atoms with Gasteiger partial charge >= 0.3 is 0 Å². The second kappa shape index (κ2) is 5.43. The summed E-state index contributed by atoms with van der Waals surface area (Å²) in [6.45, 7) is 5.23. The third-order valence-corrected chi connectivity index (χ3v) is 4.79. The van der Waals surface area contributed by atoms with E-state index in [1.807, 2.05) is 18.7 Å². The average molecular weight is 283 g/mol. The zero-order valence-corrected chi connectivity index (χ0v) is 12.6. The molecule has 1 unspecified atom stereocenters. The molecule has 1 atom stereocenters. The molecule has 1 aliphatic carbocycles. The second-order valence-corrected chi connectivity index (χ2v) is 6.30. The number of aryl methyl sites for hydroxylation is 2. The number of hydrogen-bond acceptors (Lipinski definition) is 3. The number of halogens is 1. The Kier molecular flexibility index (Phi) is 3.83. The van der Waals surface area contributed by atoms with Gasteiger partial charge in [-0.05, 0) is 39.2 Å². The Labute approximate surface area is 120 Å². The summed E-state index contributed by atoms with van der Waals surface area (Å²) in [5, 5.41) is 8.85. The number of rotatable bonds is 5. The van der Waals surface area contributed by atoms with Gasteiger partial charge < -0.3 is 5.32 Å². The molecule has 1 aromatic heterocycles. The minimum Gasteiger partial charge on any atom is -0.313 e. The highest BCUT2D eigenvalue weighted by atomic mass is 35.5. The van der Waals surface area contributed by atoms with Gasteiger partial charge in [0.15, 0.2) is 0 Å². The minimum absolute atomic E-state index is 0.661. The number of aromatic nitrogens is 2. The van der Waals surface area contributed by atoms with Crippen LogP contribution in [0.4, 0.5) is 0 Å². The average Bonchev–Trinajstić information content (AvgIpc) is 3.05. The standard InChI is InChI=1S/C14H23ClN4/c1-10-14(15)13(18(2)17-10)9-19(12-5-6-12)8-11-4-3-7-16-11/h11-12,16H,3-9H2,1-2H3. The molecule has 1 N–H and O–H groups in total. The van der Waals surface area contributed by atoms with Gasteiger partial charge in [0.25, 0.3) is 0 Å². The molecule has 19 heavy (non-hydrogen) atoms. The number of hydrogen-bond donors (Lipinski definition) is 1. The van der Waals surface area contributed by atoms with Crippen molar-refractivity contribution in [3.63, 3.8) is 0 Å². The third kappa shape index (κ3) is 2.96. The van der Waals surface area contributed by atoms with Crippen LogP contribution in [-0.2, 0) is 13.6 Å². The molecule has 4 nitrogen and oxygen atoms in total. The molecule has 1 aromatic rings. The van der Waals surface area contributed by atoms with Crippen molar-refractivity contribution in [3.05, 3.63) is 16.4 Å². The molecular formula is C14H23ClN4. The molecule has 0 aromatic carbocycles. The van der Waals surface area contributed by atoms with Crippen molar-refractivity contribution in [3.8, 4) is 0 Å². The number of nitrogens with one attached hydrogen (secondary N) is 1. The van der Waals surface area contributed by atoms with Crippen LogP contribution in [0.25, 0.3) is 0 Å². The molecule has 0 bridgehead atoms. The van der Waals surface area contributed by atoms with E-state index in [0.29, 0.717) is 6.04 Å². The smallest absolute Gasteiger partial charge is 0.0860 e. The van der Waals surface area contributed by atoms with Crippen LogP contribution < -0.4 is 5.32 Å². The molecule has 5 heteroatoms. The highest BCUT2D eigenvalue weighted by Gasteiger charge is 2.32. The van der Waals surface area contributed by atoms with E-state index in [4.69, 9.17) is 11.6 Å². The molecule has 2 heterocycles. The summed E-state index contributed by atoms with van der Waals surface area (Å²) in [5.74, 6) is 0. The first-order valence-electron chi connectivity index (χ1n) is 7.30. The fourth-order valence-corrected chi connectivity index (χ4v) is 3.24. The molecular weight excluding hydrogens is 260 g/mol. The van der Waals surface area contributed by atoms with Gasteiger partial charge in [0.05, 0.1) is 16.4 Å². The predicted octanol–water partition coefficient (Wildman–Crippen LogP) is 2.10. The SMILES string of the molecule is Cc1nn(C)c(CN(CC2CCCN2)C2CC2)c1Cl. The lowest BCUT2D eigenvalue weighted by atomic mass is 10.2. The zero-order valence-electron chi connectivity index (χ0n) is 11.8. The van der Waals surface area contributed by atoms with E-state index in [1.54, 1.807) is 0 Å².